The van der Waals surface area contributed by atoms with Gasteiger partial charge in [-0.1, -0.05) is 20.8 Å². The Hall–Kier alpha value is -5.00. The van der Waals surface area contributed by atoms with E-state index in [0.717, 1.165) is 9.13 Å². The molecule has 0 aliphatic heterocycles. The number of nitrogens with zero attached hydrogens (tertiary/aromatic N) is 2. The maximum atomic E-state index is 13.5. The second-order valence-corrected chi connectivity index (χ2v) is 12.6. The average Bonchev–Trinajstić information content (AvgIpc) is 3.52. The normalized spacial score (nSPS) is 20.9. The summed E-state index contributed by atoms with van der Waals surface area (Å²) in [6, 6.07) is 4.27. The summed E-state index contributed by atoms with van der Waals surface area (Å²) in [7, 11) is 0. The SMILES string of the molecule is CC1(C)CC(n2c(=O)c3cc4c(=O)oc(=O)c4cc3c2=O)CC(C)(Cn2c(=O)c3cc4c(=O)oc(=O)c4cc3c2=O)C1. The van der Waals surface area contributed by atoms with Crippen molar-refractivity contribution in [2.45, 2.75) is 52.6 Å². The Balaban J connectivity index is 1.35. The summed E-state index contributed by atoms with van der Waals surface area (Å²) < 4.78 is 11.4. The van der Waals surface area contributed by atoms with Gasteiger partial charge in [-0.2, -0.15) is 0 Å². The van der Waals surface area contributed by atoms with Crippen LogP contribution in [0.3, 0.4) is 0 Å². The quantitative estimate of drug-likeness (QED) is 0.301. The molecule has 42 heavy (non-hydrogen) atoms. The minimum absolute atomic E-state index is 0.00194. The fourth-order valence-corrected chi connectivity index (χ4v) is 7.44. The van der Waals surface area contributed by atoms with Gasteiger partial charge in [-0.3, -0.25) is 28.3 Å². The number of hydrogen-bond donors (Lipinski definition) is 0. The van der Waals surface area contributed by atoms with Crippen LogP contribution in [0.4, 0.5) is 0 Å². The van der Waals surface area contributed by atoms with Crippen molar-refractivity contribution >= 4 is 43.1 Å². The molecule has 12 heteroatoms. The van der Waals surface area contributed by atoms with Crippen molar-refractivity contribution in [2.24, 2.45) is 10.8 Å². The van der Waals surface area contributed by atoms with E-state index in [4.69, 9.17) is 0 Å². The average molecular weight is 571 g/mol. The Bertz CT molecular complexity index is 2440. The molecular weight excluding hydrogens is 548 g/mol. The molecule has 1 aliphatic carbocycles. The lowest BCUT2D eigenvalue weighted by molar-refractivity contribution is 0.0426. The molecule has 0 saturated heterocycles. The van der Waals surface area contributed by atoms with Gasteiger partial charge in [0.25, 0.3) is 22.2 Å². The molecule has 12 nitrogen and oxygen atoms in total. The third-order valence-corrected chi connectivity index (χ3v) is 8.74. The Kier molecular flexibility index (Phi) is 4.97. The Morgan fingerprint density at radius 1 is 0.595 bits per heavy atom. The van der Waals surface area contributed by atoms with Crippen molar-refractivity contribution in [1.29, 1.82) is 0 Å². The van der Waals surface area contributed by atoms with Crippen LogP contribution >= 0.6 is 0 Å². The van der Waals surface area contributed by atoms with Gasteiger partial charge < -0.3 is 8.83 Å². The van der Waals surface area contributed by atoms with Gasteiger partial charge in [-0.15, -0.1) is 0 Å². The smallest absolute Gasteiger partial charge is 0.346 e. The number of fused-ring (bicyclic) bond motifs is 4. The van der Waals surface area contributed by atoms with Crippen LogP contribution in [-0.4, -0.2) is 9.13 Å². The zero-order chi connectivity index (χ0) is 30.0. The van der Waals surface area contributed by atoms with E-state index in [0.29, 0.717) is 12.8 Å². The monoisotopic (exact) mass is 570 g/mol. The van der Waals surface area contributed by atoms with E-state index in [1.165, 1.54) is 24.3 Å². The molecule has 6 aromatic rings. The first kappa shape index (κ1) is 25.9. The highest BCUT2D eigenvalue weighted by Crippen LogP contribution is 2.50. The van der Waals surface area contributed by atoms with Crippen LogP contribution in [0.2, 0.25) is 0 Å². The topological polar surface area (TPSA) is 173 Å². The van der Waals surface area contributed by atoms with Gasteiger partial charge >= 0.3 is 22.5 Å². The fraction of sp³-hybridized carbons (Fsp3) is 0.333. The van der Waals surface area contributed by atoms with Gasteiger partial charge in [0.15, 0.2) is 0 Å². The summed E-state index contributed by atoms with van der Waals surface area (Å²) in [5, 5.41) is -0.251. The van der Waals surface area contributed by atoms with E-state index in [9.17, 15) is 38.4 Å². The standard InChI is InChI=1S/C30H22N2O10/c1-29(2)8-12(32-23(35)15-6-19-20(7-16(15)24(32)36)28(40)42-27(19)39)9-30(3,10-29)11-31-21(33)13-4-17-18(5-14(13)22(31)34)26(38)41-25(17)37/h4-7,12H,8-11H2,1-3H3. The van der Waals surface area contributed by atoms with E-state index in [1.54, 1.807) is 0 Å². The highest BCUT2D eigenvalue weighted by Gasteiger charge is 2.44. The minimum atomic E-state index is -0.882. The summed E-state index contributed by atoms with van der Waals surface area (Å²) in [6.45, 7) is 5.80. The lowest BCUT2D eigenvalue weighted by atomic mass is 9.62. The first-order chi connectivity index (χ1) is 19.7. The van der Waals surface area contributed by atoms with Crippen LogP contribution in [0.5, 0.6) is 0 Å². The van der Waals surface area contributed by atoms with E-state index < -0.39 is 61.6 Å². The van der Waals surface area contributed by atoms with Crippen LogP contribution in [-0.2, 0) is 6.54 Å². The van der Waals surface area contributed by atoms with Gasteiger partial charge in [-0.05, 0) is 54.4 Å². The van der Waals surface area contributed by atoms with E-state index >= 15 is 0 Å². The summed E-state index contributed by atoms with van der Waals surface area (Å²) >= 11 is 0. The number of benzene rings is 2. The highest BCUT2D eigenvalue weighted by molar-refractivity contribution is 5.98. The predicted molar refractivity (Wildman–Crippen MR) is 153 cm³/mol. The van der Waals surface area contributed by atoms with Gasteiger partial charge in [0.1, 0.15) is 0 Å². The van der Waals surface area contributed by atoms with Crippen molar-refractivity contribution in [2.75, 3.05) is 0 Å². The molecule has 4 aromatic heterocycles. The molecule has 4 heterocycles. The van der Waals surface area contributed by atoms with E-state index in [2.05, 4.69) is 8.83 Å². The maximum Gasteiger partial charge on any atom is 0.346 e. The zero-order valence-corrected chi connectivity index (χ0v) is 22.7. The van der Waals surface area contributed by atoms with E-state index in [-0.39, 0.29) is 56.1 Å². The third-order valence-electron chi connectivity index (χ3n) is 8.74. The van der Waals surface area contributed by atoms with Crippen molar-refractivity contribution in [3.05, 3.63) is 107 Å². The third kappa shape index (κ3) is 3.47. The Morgan fingerprint density at radius 3 is 1.38 bits per heavy atom. The van der Waals surface area contributed by atoms with Gasteiger partial charge in [0, 0.05) is 12.6 Å². The number of hydrogen-bond acceptors (Lipinski definition) is 10. The highest BCUT2D eigenvalue weighted by atomic mass is 16.4. The van der Waals surface area contributed by atoms with Crippen LogP contribution in [0, 0.1) is 10.8 Å². The van der Waals surface area contributed by atoms with Crippen LogP contribution in [0.15, 0.2) is 71.5 Å². The summed E-state index contributed by atoms with van der Waals surface area (Å²) in [5.41, 5.74) is -7.08. The van der Waals surface area contributed by atoms with Crippen molar-refractivity contribution < 1.29 is 8.83 Å². The van der Waals surface area contributed by atoms with Gasteiger partial charge in [-0.25, -0.2) is 19.2 Å². The summed E-state index contributed by atoms with van der Waals surface area (Å²) in [5.74, 6) is 0. The van der Waals surface area contributed by atoms with E-state index in [1.807, 2.05) is 20.8 Å². The zero-order valence-electron chi connectivity index (χ0n) is 22.7. The molecule has 2 unspecified atom stereocenters. The summed E-state index contributed by atoms with van der Waals surface area (Å²) in [4.78, 5) is 102. The van der Waals surface area contributed by atoms with Gasteiger partial charge in [0.05, 0.1) is 43.1 Å². The molecular formula is C30H22N2O10. The largest absolute Gasteiger partial charge is 0.386 e. The minimum Gasteiger partial charge on any atom is -0.386 e. The molecule has 0 amide bonds. The molecule has 1 aliphatic rings. The molecule has 1 saturated carbocycles. The second kappa shape index (κ2) is 8.05. The van der Waals surface area contributed by atoms with Crippen LogP contribution in [0.25, 0.3) is 43.1 Å². The predicted octanol–water partition coefficient (Wildman–Crippen LogP) is 1.18. The molecule has 1 fully saturated rings. The van der Waals surface area contributed by atoms with Crippen molar-refractivity contribution in [3.63, 3.8) is 0 Å². The Labute approximate surface area is 232 Å². The first-order valence-electron chi connectivity index (χ1n) is 13.3. The van der Waals surface area contributed by atoms with Crippen LogP contribution < -0.4 is 44.7 Å². The first-order valence-corrected chi connectivity index (χ1v) is 13.3. The second-order valence-electron chi connectivity index (χ2n) is 12.6. The number of furan rings is 2. The van der Waals surface area contributed by atoms with Crippen LogP contribution in [0.1, 0.15) is 46.1 Å². The molecule has 0 radical (unpaired) electrons. The molecule has 0 bridgehead atoms. The number of aromatic nitrogens is 2. The fourth-order valence-electron chi connectivity index (χ4n) is 7.44. The molecule has 2 aromatic carbocycles. The lowest BCUT2D eigenvalue weighted by Gasteiger charge is -2.46. The molecule has 0 N–H and O–H groups in total. The summed E-state index contributed by atoms with van der Waals surface area (Å²) in [6.07, 6.45) is 1.29. The van der Waals surface area contributed by atoms with Gasteiger partial charge in [0.2, 0.25) is 0 Å². The van der Waals surface area contributed by atoms with Crippen molar-refractivity contribution in [1.82, 2.24) is 9.13 Å². The Morgan fingerprint density at radius 2 is 0.976 bits per heavy atom. The number of rotatable bonds is 3. The lowest BCUT2D eigenvalue weighted by Crippen LogP contribution is -2.45. The van der Waals surface area contributed by atoms with Crippen molar-refractivity contribution in [3.8, 4) is 0 Å². The maximum absolute atomic E-state index is 13.5. The molecule has 2 atom stereocenters. The molecule has 0 spiro atoms. The molecule has 7 rings (SSSR count). The molecule has 212 valence electrons.